The molecule has 3 aromatic carbocycles. The van der Waals surface area contributed by atoms with Crippen LogP contribution < -0.4 is 20.1 Å². The van der Waals surface area contributed by atoms with Gasteiger partial charge in [-0.05, 0) is 42.3 Å². The van der Waals surface area contributed by atoms with Crippen molar-refractivity contribution in [2.24, 2.45) is 0 Å². The number of hydrogen-bond acceptors (Lipinski definition) is 4. The van der Waals surface area contributed by atoms with E-state index in [1.807, 2.05) is 0 Å². The lowest BCUT2D eigenvalue weighted by Crippen LogP contribution is -2.45. The maximum atomic E-state index is 13.3. The second-order valence-electron chi connectivity index (χ2n) is 8.16. The van der Waals surface area contributed by atoms with Gasteiger partial charge in [0.1, 0.15) is 6.61 Å². The number of rotatable bonds is 7. The summed E-state index contributed by atoms with van der Waals surface area (Å²) in [7, 11) is 1.42. The number of hydrogen-bond donors (Lipinski definition) is 2. The van der Waals surface area contributed by atoms with Crippen LogP contribution in [-0.4, -0.2) is 18.9 Å². The third-order valence-corrected chi connectivity index (χ3v) is 5.72. The summed E-state index contributed by atoms with van der Waals surface area (Å²) in [6.07, 6.45) is -4.45. The molecule has 2 amide bonds. The van der Waals surface area contributed by atoms with Crippen LogP contribution >= 0.6 is 0 Å². The van der Waals surface area contributed by atoms with Gasteiger partial charge in [-0.1, -0.05) is 48.5 Å². The number of nitrogens with one attached hydrogen (secondary N) is 2. The molecule has 0 unspecified atom stereocenters. The fourth-order valence-electron chi connectivity index (χ4n) is 3.97. The summed E-state index contributed by atoms with van der Waals surface area (Å²) in [6.45, 7) is 1.55. The Morgan fingerprint density at radius 3 is 2.42 bits per heavy atom. The third kappa shape index (κ3) is 5.35. The second-order valence-corrected chi connectivity index (χ2v) is 8.16. The molecule has 1 heterocycles. The highest BCUT2D eigenvalue weighted by Crippen LogP contribution is 2.36. The number of halogens is 3. The van der Waals surface area contributed by atoms with Crippen molar-refractivity contribution in [1.29, 1.82) is 0 Å². The van der Waals surface area contributed by atoms with Crippen LogP contribution in [0.25, 0.3) is 0 Å². The number of benzene rings is 3. The number of allylic oxidation sites excluding steroid dienone is 1. The van der Waals surface area contributed by atoms with E-state index < -0.39 is 23.8 Å². The Labute approximate surface area is 205 Å². The summed E-state index contributed by atoms with van der Waals surface area (Å²) in [6, 6.07) is 17.3. The van der Waals surface area contributed by atoms with Crippen LogP contribution in [0.15, 0.2) is 84.1 Å². The van der Waals surface area contributed by atoms with Crippen molar-refractivity contribution in [3.05, 3.63) is 106 Å². The quantitative estimate of drug-likeness (QED) is 0.405. The number of amides is 2. The fraction of sp³-hybridized carbons (Fsp3) is 0.185. The van der Waals surface area contributed by atoms with Crippen molar-refractivity contribution < 1.29 is 32.2 Å². The van der Waals surface area contributed by atoms with E-state index in [4.69, 9.17) is 9.47 Å². The van der Waals surface area contributed by atoms with E-state index in [0.717, 1.165) is 12.1 Å². The molecule has 0 saturated heterocycles. The summed E-state index contributed by atoms with van der Waals surface area (Å²) in [5, 5.41) is 5.43. The summed E-state index contributed by atoms with van der Waals surface area (Å²) in [4.78, 5) is 25.5. The molecule has 0 fully saturated rings. The van der Waals surface area contributed by atoms with Crippen molar-refractivity contribution in [3.8, 4) is 11.5 Å². The average Bonchev–Trinajstić information content (AvgIpc) is 2.86. The van der Waals surface area contributed by atoms with E-state index in [9.17, 15) is 22.8 Å². The first-order chi connectivity index (χ1) is 17.2. The van der Waals surface area contributed by atoms with E-state index in [2.05, 4.69) is 10.6 Å². The van der Waals surface area contributed by atoms with E-state index in [1.54, 1.807) is 55.5 Å². The maximum absolute atomic E-state index is 13.3. The first-order valence-corrected chi connectivity index (χ1v) is 11.0. The van der Waals surface area contributed by atoms with E-state index in [0.29, 0.717) is 39.5 Å². The number of ether oxygens (including phenoxy) is 2. The van der Waals surface area contributed by atoms with Gasteiger partial charge in [-0.3, -0.25) is 4.79 Å². The van der Waals surface area contributed by atoms with Crippen LogP contribution in [0.3, 0.4) is 0 Å². The Hall–Kier alpha value is -4.27. The summed E-state index contributed by atoms with van der Waals surface area (Å²) in [5.41, 5.74) is 1.44. The number of carbonyl (C=O) groups is 2. The first kappa shape index (κ1) is 24.8. The largest absolute Gasteiger partial charge is 0.493 e. The van der Waals surface area contributed by atoms with Gasteiger partial charge in [0.15, 0.2) is 17.3 Å². The van der Waals surface area contributed by atoms with Gasteiger partial charge in [0.2, 0.25) is 0 Å². The second kappa shape index (κ2) is 10.2. The van der Waals surface area contributed by atoms with Gasteiger partial charge < -0.3 is 20.1 Å². The van der Waals surface area contributed by atoms with Gasteiger partial charge >= 0.3 is 12.2 Å². The van der Waals surface area contributed by atoms with E-state index >= 15 is 0 Å². The molecule has 3 aromatic rings. The van der Waals surface area contributed by atoms with Crippen LogP contribution in [0, 0.1) is 0 Å². The van der Waals surface area contributed by atoms with Crippen molar-refractivity contribution in [2.75, 3.05) is 7.11 Å². The van der Waals surface area contributed by atoms with Gasteiger partial charge in [-0.2, -0.15) is 13.2 Å². The van der Waals surface area contributed by atoms with Gasteiger partial charge in [0.25, 0.3) is 0 Å². The van der Waals surface area contributed by atoms with Gasteiger partial charge in [0, 0.05) is 16.8 Å². The summed E-state index contributed by atoms with van der Waals surface area (Å²) < 4.78 is 50.2. The van der Waals surface area contributed by atoms with Gasteiger partial charge in [-0.25, -0.2) is 4.79 Å². The standard InChI is InChI=1S/C27H23F3N2O4/c1-16-23(25(33)18-8-4-3-5-9-18)24(32-26(34)31-16)19-11-12-21(22(14-19)35-2)36-15-17-7-6-10-20(13-17)27(28,29)30/h3-14,24H,15H2,1-2H3,(H2,31,32,34)/t24-/m1/s1. The van der Waals surface area contributed by atoms with Crippen LogP contribution in [0.2, 0.25) is 0 Å². The molecule has 1 aliphatic rings. The zero-order valence-electron chi connectivity index (χ0n) is 19.5. The Kier molecular flexibility index (Phi) is 7.00. The molecule has 36 heavy (non-hydrogen) atoms. The highest BCUT2D eigenvalue weighted by molar-refractivity contribution is 6.11. The normalized spacial score (nSPS) is 15.7. The lowest BCUT2D eigenvalue weighted by atomic mass is 9.89. The fourth-order valence-corrected chi connectivity index (χ4v) is 3.97. The van der Waals surface area contributed by atoms with E-state index in [-0.39, 0.29) is 12.4 Å². The average molecular weight is 496 g/mol. The van der Waals surface area contributed by atoms with Crippen molar-refractivity contribution in [3.63, 3.8) is 0 Å². The SMILES string of the molecule is COc1cc([C@H]2NC(=O)NC(C)=C2C(=O)c2ccccc2)ccc1OCc1cccc(C(F)(F)F)c1. The number of ketones is 1. The van der Waals surface area contributed by atoms with Crippen molar-refractivity contribution in [1.82, 2.24) is 10.6 Å². The van der Waals surface area contributed by atoms with Crippen molar-refractivity contribution >= 4 is 11.8 Å². The molecule has 0 radical (unpaired) electrons. The number of methoxy groups -OCH3 is 1. The number of carbonyl (C=O) groups excluding carboxylic acids is 2. The third-order valence-electron chi connectivity index (χ3n) is 5.72. The van der Waals surface area contributed by atoms with Crippen LogP contribution in [-0.2, 0) is 12.8 Å². The number of urea groups is 1. The lowest BCUT2D eigenvalue weighted by Gasteiger charge is -2.29. The molecule has 0 bridgehead atoms. The first-order valence-electron chi connectivity index (χ1n) is 11.0. The summed E-state index contributed by atoms with van der Waals surface area (Å²) in [5.74, 6) is 0.362. The molecule has 1 atom stereocenters. The molecule has 9 heteroatoms. The molecular formula is C27H23F3N2O4. The van der Waals surface area contributed by atoms with Crippen LogP contribution in [0.1, 0.15) is 40.0 Å². The van der Waals surface area contributed by atoms with Gasteiger partial charge in [0.05, 0.1) is 18.7 Å². The monoisotopic (exact) mass is 496 g/mol. The lowest BCUT2D eigenvalue weighted by molar-refractivity contribution is -0.137. The number of Topliss-reactive ketones (excluding diaryl/α,β-unsaturated/α-hetero) is 1. The Balaban J connectivity index is 1.61. The predicted octanol–water partition coefficient (Wildman–Crippen LogP) is 5.80. The molecule has 0 aromatic heterocycles. The van der Waals surface area contributed by atoms with E-state index in [1.165, 1.54) is 19.2 Å². The van der Waals surface area contributed by atoms with Crippen LogP contribution in [0.4, 0.5) is 18.0 Å². The Morgan fingerprint density at radius 2 is 1.72 bits per heavy atom. The minimum absolute atomic E-state index is 0.111. The highest BCUT2D eigenvalue weighted by atomic mass is 19.4. The molecule has 0 spiro atoms. The molecule has 6 nitrogen and oxygen atoms in total. The molecular weight excluding hydrogens is 473 g/mol. The molecule has 186 valence electrons. The predicted molar refractivity (Wildman–Crippen MR) is 127 cm³/mol. The minimum Gasteiger partial charge on any atom is -0.493 e. The van der Waals surface area contributed by atoms with Crippen molar-refractivity contribution in [2.45, 2.75) is 25.7 Å². The molecule has 0 saturated carbocycles. The molecule has 4 rings (SSSR count). The molecule has 1 aliphatic heterocycles. The minimum atomic E-state index is -4.45. The Morgan fingerprint density at radius 1 is 0.972 bits per heavy atom. The zero-order valence-corrected chi connectivity index (χ0v) is 19.5. The zero-order chi connectivity index (χ0) is 25.9. The molecule has 0 aliphatic carbocycles. The topological polar surface area (TPSA) is 76.7 Å². The molecule has 2 N–H and O–H groups in total. The Bertz CT molecular complexity index is 1320. The van der Waals surface area contributed by atoms with Crippen LogP contribution in [0.5, 0.6) is 11.5 Å². The summed E-state index contributed by atoms with van der Waals surface area (Å²) >= 11 is 0. The number of alkyl halides is 3. The maximum Gasteiger partial charge on any atom is 0.416 e. The van der Waals surface area contributed by atoms with Gasteiger partial charge in [-0.15, -0.1) is 0 Å². The highest BCUT2D eigenvalue weighted by Gasteiger charge is 2.32. The smallest absolute Gasteiger partial charge is 0.416 e.